The first kappa shape index (κ1) is 23.7. The van der Waals surface area contributed by atoms with Crippen LogP contribution in [0, 0.1) is 17.3 Å². The van der Waals surface area contributed by atoms with Crippen LogP contribution in [0.5, 0.6) is 0 Å². The monoisotopic (exact) mass is 398 g/mol. The minimum Gasteiger partial charge on any atom is -0.468 e. The molecule has 1 rings (SSSR count). The third-order valence-corrected chi connectivity index (χ3v) is 5.39. The van der Waals surface area contributed by atoms with E-state index in [9.17, 15) is 19.5 Å². The van der Waals surface area contributed by atoms with Crippen molar-refractivity contribution in [2.24, 2.45) is 17.3 Å². The fourth-order valence-corrected chi connectivity index (χ4v) is 3.49. The predicted molar refractivity (Wildman–Crippen MR) is 100.0 cm³/mol. The molecule has 0 heterocycles. The van der Waals surface area contributed by atoms with Crippen molar-refractivity contribution >= 4 is 18.1 Å². The van der Waals surface area contributed by atoms with Crippen LogP contribution in [0.4, 0.5) is 4.79 Å². The van der Waals surface area contributed by atoms with Crippen LogP contribution in [-0.2, 0) is 28.5 Å². The highest BCUT2D eigenvalue weighted by Crippen LogP contribution is 2.46. The Balaban J connectivity index is 3.01. The van der Waals surface area contributed by atoms with E-state index in [4.69, 9.17) is 14.2 Å². The van der Waals surface area contributed by atoms with E-state index < -0.39 is 40.9 Å². The Labute approximate surface area is 165 Å². The molecule has 0 aromatic heterocycles. The summed E-state index contributed by atoms with van der Waals surface area (Å²) in [4.78, 5) is 35.3. The summed E-state index contributed by atoms with van der Waals surface area (Å²) in [7, 11) is 3.64. The van der Waals surface area contributed by atoms with Crippen LogP contribution in [-0.4, -0.2) is 50.1 Å². The normalized spacial score (nSPS) is 21.9. The maximum absolute atomic E-state index is 12.0. The second-order valence-corrected chi connectivity index (χ2v) is 7.55. The fourth-order valence-electron chi connectivity index (χ4n) is 3.49. The molecule has 0 amide bonds. The van der Waals surface area contributed by atoms with Crippen molar-refractivity contribution in [2.75, 3.05) is 21.3 Å². The number of hydrogen-bond acceptors (Lipinski definition) is 8. The molecule has 0 saturated heterocycles. The number of rotatable bonds is 7. The zero-order valence-electron chi connectivity index (χ0n) is 17.5. The number of carbonyl (C=O) groups is 3. The first-order valence-corrected chi connectivity index (χ1v) is 8.99. The first-order valence-electron chi connectivity index (χ1n) is 8.99. The Hall–Kier alpha value is -2.35. The van der Waals surface area contributed by atoms with Crippen molar-refractivity contribution in [2.45, 2.75) is 46.1 Å². The number of ether oxygens (including phenoxy) is 4. The van der Waals surface area contributed by atoms with E-state index in [2.05, 4.69) is 4.74 Å². The van der Waals surface area contributed by atoms with Crippen molar-refractivity contribution in [3.05, 3.63) is 23.5 Å². The highest BCUT2D eigenvalue weighted by atomic mass is 16.7. The van der Waals surface area contributed by atoms with Gasteiger partial charge in [-0.1, -0.05) is 20.8 Å². The van der Waals surface area contributed by atoms with Gasteiger partial charge in [0.05, 0.1) is 26.9 Å². The average Bonchev–Trinajstić information content (AvgIpc) is 2.63. The lowest BCUT2D eigenvalue weighted by Gasteiger charge is -2.45. The number of esters is 2. The van der Waals surface area contributed by atoms with Crippen molar-refractivity contribution < 1.29 is 38.4 Å². The predicted octanol–water partition coefficient (Wildman–Crippen LogP) is 2.75. The number of hydrogen-bond donors (Lipinski definition) is 1. The molecule has 0 spiro atoms. The van der Waals surface area contributed by atoms with Crippen molar-refractivity contribution in [3.63, 3.8) is 0 Å². The van der Waals surface area contributed by atoms with Gasteiger partial charge in [0.25, 0.3) is 0 Å². The van der Waals surface area contributed by atoms with E-state index in [0.717, 1.165) is 0 Å². The Morgan fingerprint density at radius 3 is 2.04 bits per heavy atom. The number of allylic oxidation sites excluding steroid dienone is 1. The molecule has 1 unspecified atom stereocenters. The Morgan fingerprint density at radius 1 is 1.07 bits per heavy atom. The van der Waals surface area contributed by atoms with Gasteiger partial charge in [-0.05, 0) is 43.4 Å². The number of methoxy groups -OCH3 is 3. The Morgan fingerprint density at radius 2 is 1.61 bits per heavy atom. The van der Waals surface area contributed by atoms with E-state index in [1.54, 1.807) is 26.0 Å². The molecule has 1 aliphatic rings. The van der Waals surface area contributed by atoms with Crippen molar-refractivity contribution in [1.82, 2.24) is 0 Å². The lowest BCUT2D eigenvalue weighted by atomic mass is 9.65. The maximum atomic E-state index is 12.0. The van der Waals surface area contributed by atoms with Crippen LogP contribution < -0.4 is 0 Å². The molecule has 2 atom stereocenters. The van der Waals surface area contributed by atoms with Crippen LogP contribution in [0.3, 0.4) is 0 Å². The zero-order chi connectivity index (χ0) is 21.7. The summed E-state index contributed by atoms with van der Waals surface area (Å²) < 4.78 is 19.0. The highest BCUT2D eigenvalue weighted by molar-refractivity contribution is 5.95. The molecular weight excluding hydrogens is 368 g/mol. The summed E-state index contributed by atoms with van der Waals surface area (Å²) in [5.41, 5.74) is -1.44. The summed E-state index contributed by atoms with van der Waals surface area (Å²) in [5.74, 6) is -2.54. The molecule has 0 fully saturated rings. The summed E-state index contributed by atoms with van der Waals surface area (Å²) in [6.07, 6.45) is 3.02. The van der Waals surface area contributed by atoms with Gasteiger partial charge in [0, 0.05) is 5.41 Å². The Bertz CT molecular complexity index is 660. The minimum atomic E-state index is -1.26. The molecule has 1 N–H and O–H groups in total. The van der Waals surface area contributed by atoms with Crippen molar-refractivity contribution in [1.29, 1.82) is 0 Å². The van der Waals surface area contributed by atoms with Crippen LogP contribution in [0.15, 0.2) is 23.5 Å². The summed E-state index contributed by atoms with van der Waals surface area (Å²) in [6, 6.07) is 0. The molecule has 0 aromatic carbocycles. The molecule has 0 aromatic rings. The van der Waals surface area contributed by atoms with E-state index in [-0.39, 0.29) is 12.2 Å². The van der Waals surface area contributed by atoms with Crippen LogP contribution >= 0.6 is 0 Å². The van der Waals surface area contributed by atoms with E-state index in [1.807, 2.05) is 13.8 Å². The number of aliphatic hydroxyl groups is 1. The lowest BCUT2D eigenvalue weighted by molar-refractivity contribution is -0.161. The molecule has 1 aliphatic carbocycles. The van der Waals surface area contributed by atoms with Gasteiger partial charge in [-0.15, -0.1) is 0 Å². The zero-order valence-corrected chi connectivity index (χ0v) is 17.5. The summed E-state index contributed by atoms with van der Waals surface area (Å²) in [5, 5.41) is 11.4. The van der Waals surface area contributed by atoms with Crippen LogP contribution in [0.25, 0.3) is 0 Å². The quantitative estimate of drug-likeness (QED) is 0.396. The molecule has 28 heavy (non-hydrogen) atoms. The van der Waals surface area contributed by atoms with Crippen LogP contribution in [0.2, 0.25) is 0 Å². The first-order chi connectivity index (χ1) is 12.9. The highest BCUT2D eigenvalue weighted by Gasteiger charge is 2.47. The third-order valence-electron chi connectivity index (χ3n) is 5.39. The Kier molecular flexibility index (Phi) is 7.81. The van der Waals surface area contributed by atoms with Gasteiger partial charge in [0.2, 0.25) is 0 Å². The molecule has 0 radical (unpaired) electrons. The van der Waals surface area contributed by atoms with Crippen molar-refractivity contribution in [3.8, 4) is 0 Å². The SMILES string of the molecule is COC(=O)OC1=CC(C)(C)[C@@](O)(CCC(C)C(C(=O)OC)C(=O)OC)C(C)=C1. The van der Waals surface area contributed by atoms with Gasteiger partial charge in [0.1, 0.15) is 5.76 Å². The molecule has 158 valence electrons. The van der Waals surface area contributed by atoms with Gasteiger partial charge >= 0.3 is 18.1 Å². The molecule has 0 aliphatic heterocycles. The van der Waals surface area contributed by atoms with E-state index >= 15 is 0 Å². The second-order valence-electron chi connectivity index (χ2n) is 7.55. The average molecular weight is 398 g/mol. The maximum Gasteiger partial charge on any atom is 0.513 e. The number of carbonyl (C=O) groups excluding carboxylic acids is 3. The summed E-state index contributed by atoms with van der Waals surface area (Å²) in [6.45, 7) is 7.09. The van der Waals surface area contributed by atoms with Gasteiger partial charge < -0.3 is 24.1 Å². The van der Waals surface area contributed by atoms with Gasteiger partial charge in [-0.2, -0.15) is 0 Å². The minimum absolute atomic E-state index is 0.274. The van der Waals surface area contributed by atoms with Crippen LogP contribution in [0.1, 0.15) is 40.5 Å². The van der Waals surface area contributed by atoms with E-state index in [0.29, 0.717) is 12.0 Å². The smallest absolute Gasteiger partial charge is 0.468 e. The molecular formula is C20H30O8. The largest absolute Gasteiger partial charge is 0.513 e. The standard InChI is InChI=1S/C20H30O8/c1-12(15(16(21)25-5)17(22)26-6)8-9-20(24)13(2)10-14(11-19(20,3)4)28-18(23)27-7/h10-12,15,24H,8-9H2,1-7H3/t12?,20-/m1/s1. The fraction of sp³-hybridized carbons (Fsp3) is 0.650. The second kappa shape index (κ2) is 9.23. The molecule has 0 bridgehead atoms. The summed E-state index contributed by atoms with van der Waals surface area (Å²) >= 11 is 0. The van der Waals surface area contributed by atoms with E-state index in [1.165, 1.54) is 21.3 Å². The van der Waals surface area contributed by atoms with Gasteiger partial charge in [-0.25, -0.2) is 4.79 Å². The van der Waals surface area contributed by atoms with Gasteiger partial charge in [0.15, 0.2) is 5.92 Å². The van der Waals surface area contributed by atoms with Gasteiger partial charge in [-0.3, -0.25) is 9.59 Å². The molecule has 0 saturated carbocycles. The molecule has 8 heteroatoms. The third kappa shape index (κ3) is 4.92. The lowest BCUT2D eigenvalue weighted by Crippen LogP contribution is -2.47. The molecule has 8 nitrogen and oxygen atoms in total. The topological polar surface area (TPSA) is 108 Å².